The second-order valence-corrected chi connectivity index (χ2v) is 6.08. The molecule has 0 radical (unpaired) electrons. The van der Waals surface area contributed by atoms with Gasteiger partial charge in [-0.2, -0.15) is 26.3 Å². The van der Waals surface area contributed by atoms with Gasteiger partial charge in [-0.3, -0.25) is 0 Å². The van der Waals surface area contributed by atoms with Crippen LogP contribution >= 0.6 is 0 Å². The van der Waals surface area contributed by atoms with E-state index >= 15 is 0 Å². The van der Waals surface area contributed by atoms with Gasteiger partial charge in [0.2, 0.25) is 0 Å². The molecule has 1 aliphatic carbocycles. The average Bonchev–Trinajstić information content (AvgIpc) is 2.33. The maximum absolute atomic E-state index is 12.4. The molecule has 6 heteroatoms. The lowest BCUT2D eigenvalue weighted by atomic mass is 9.65. The smallest absolute Gasteiger partial charge is 0.171 e. The van der Waals surface area contributed by atoms with Crippen LogP contribution in [0, 0.1) is 11.3 Å². The molecular weight excluding hydrogens is 282 g/mol. The highest BCUT2D eigenvalue weighted by atomic mass is 19.4. The van der Waals surface area contributed by atoms with E-state index in [1.165, 1.54) is 0 Å². The zero-order valence-electron chi connectivity index (χ0n) is 11.7. The highest BCUT2D eigenvalue weighted by Crippen LogP contribution is 2.49. The Morgan fingerprint density at radius 3 is 1.55 bits per heavy atom. The molecule has 20 heavy (non-hydrogen) atoms. The Balaban J connectivity index is 2.64. The summed E-state index contributed by atoms with van der Waals surface area (Å²) < 4.78 is 74.3. The maximum Gasteiger partial charge on any atom is 0.389 e. The first kappa shape index (κ1) is 17.6. The lowest BCUT2D eigenvalue weighted by Gasteiger charge is -2.41. The molecule has 1 aliphatic rings. The Hall–Kier alpha value is -0.420. The molecule has 0 saturated heterocycles. The summed E-state index contributed by atoms with van der Waals surface area (Å²) in [7, 11) is 0. The molecular formula is C14H22F6. The summed E-state index contributed by atoms with van der Waals surface area (Å²) in [5.41, 5.74) is -0.767. The zero-order chi connectivity index (χ0) is 15.4. The topological polar surface area (TPSA) is 0 Å². The molecule has 0 aromatic heterocycles. The third-order valence-electron chi connectivity index (χ3n) is 4.62. The van der Waals surface area contributed by atoms with Crippen LogP contribution in [0.15, 0.2) is 0 Å². The van der Waals surface area contributed by atoms with Crippen molar-refractivity contribution >= 4 is 0 Å². The van der Waals surface area contributed by atoms with Gasteiger partial charge in [0.05, 0.1) is 0 Å². The molecule has 1 rings (SSSR count). The van der Waals surface area contributed by atoms with Gasteiger partial charge < -0.3 is 0 Å². The Kier molecular flexibility index (Phi) is 5.79. The minimum absolute atomic E-state index is 0.164. The van der Waals surface area contributed by atoms with E-state index in [1.807, 2.05) is 6.92 Å². The first-order chi connectivity index (χ1) is 9.05. The lowest BCUT2D eigenvalue weighted by molar-refractivity contribution is -0.153. The second-order valence-electron chi connectivity index (χ2n) is 6.08. The molecule has 0 nitrogen and oxygen atoms in total. The standard InChI is InChI=1S/C14H22F6/c1-2-11-3-5-12(6-4-11,7-9-13(15,16)17)8-10-14(18,19)20/h11H,2-10H2,1H3. The summed E-state index contributed by atoms with van der Waals surface area (Å²) >= 11 is 0. The number of rotatable bonds is 5. The highest BCUT2D eigenvalue weighted by Gasteiger charge is 2.41. The molecule has 0 aromatic rings. The van der Waals surface area contributed by atoms with E-state index in [0.29, 0.717) is 18.8 Å². The van der Waals surface area contributed by atoms with E-state index < -0.39 is 30.6 Å². The van der Waals surface area contributed by atoms with E-state index in [0.717, 1.165) is 19.3 Å². The lowest BCUT2D eigenvalue weighted by Crippen LogP contribution is -2.30. The monoisotopic (exact) mass is 304 g/mol. The second kappa shape index (κ2) is 6.56. The van der Waals surface area contributed by atoms with Crippen molar-refractivity contribution in [3.05, 3.63) is 0 Å². The molecule has 0 heterocycles. The fourth-order valence-corrected chi connectivity index (χ4v) is 3.14. The Labute approximate surface area is 115 Å². The van der Waals surface area contributed by atoms with E-state index in [1.54, 1.807) is 0 Å². The number of halogens is 6. The van der Waals surface area contributed by atoms with Crippen LogP contribution < -0.4 is 0 Å². The summed E-state index contributed by atoms with van der Waals surface area (Å²) in [5.74, 6) is 0.458. The number of hydrogen-bond donors (Lipinski definition) is 0. The predicted octanol–water partition coefficient (Wildman–Crippen LogP) is 6.26. The number of hydrogen-bond acceptors (Lipinski definition) is 0. The van der Waals surface area contributed by atoms with E-state index in [2.05, 4.69) is 0 Å². The van der Waals surface area contributed by atoms with Gasteiger partial charge in [-0.25, -0.2) is 0 Å². The Bertz CT molecular complexity index is 263. The van der Waals surface area contributed by atoms with Crippen LogP contribution in [0.5, 0.6) is 0 Å². The van der Waals surface area contributed by atoms with Crippen molar-refractivity contribution in [3.63, 3.8) is 0 Å². The van der Waals surface area contributed by atoms with Gasteiger partial charge in [0.15, 0.2) is 0 Å². The minimum Gasteiger partial charge on any atom is -0.171 e. The highest BCUT2D eigenvalue weighted by molar-refractivity contribution is 4.86. The van der Waals surface area contributed by atoms with Gasteiger partial charge in [0, 0.05) is 12.8 Å². The number of alkyl halides is 6. The van der Waals surface area contributed by atoms with Crippen LogP contribution in [-0.4, -0.2) is 12.4 Å². The van der Waals surface area contributed by atoms with Crippen molar-refractivity contribution in [2.24, 2.45) is 11.3 Å². The molecule has 0 aromatic carbocycles. The fourth-order valence-electron chi connectivity index (χ4n) is 3.14. The van der Waals surface area contributed by atoms with Gasteiger partial charge in [0.1, 0.15) is 0 Å². The van der Waals surface area contributed by atoms with Crippen LogP contribution in [0.4, 0.5) is 26.3 Å². The average molecular weight is 304 g/mol. The summed E-state index contributed by atoms with van der Waals surface area (Å²) in [6.45, 7) is 2.02. The van der Waals surface area contributed by atoms with Crippen LogP contribution in [0.1, 0.15) is 64.7 Å². The van der Waals surface area contributed by atoms with Gasteiger partial charge in [0.25, 0.3) is 0 Å². The van der Waals surface area contributed by atoms with Crippen LogP contribution in [0.25, 0.3) is 0 Å². The van der Waals surface area contributed by atoms with Crippen molar-refractivity contribution in [2.45, 2.75) is 77.1 Å². The largest absolute Gasteiger partial charge is 0.389 e. The van der Waals surface area contributed by atoms with Gasteiger partial charge >= 0.3 is 12.4 Å². The van der Waals surface area contributed by atoms with Crippen molar-refractivity contribution in [1.82, 2.24) is 0 Å². The predicted molar refractivity (Wildman–Crippen MR) is 65.3 cm³/mol. The van der Waals surface area contributed by atoms with Gasteiger partial charge in [-0.1, -0.05) is 13.3 Å². The molecule has 0 aliphatic heterocycles. The van der Waals surface area contributed by atoms with E-state index in [9.17, 15) is 26.3 Å². The van der Waals surface area contributed by atoms with Gasteiger partial charge in [-0.15, -0.1) is 0 Å². The third-order valence-corrected chi connectivity index (χ3v) is 4.62. The first-order valence-electron chi connectivity index (χ1n) is 7.19. The summed E-state index contributed by atoms with van der Waals surface area (Å²) in [6, 6.07) is 0. The molecule has 0 atom stereocenters. The molecule has 1 saturated carbocycles. The van der Waals surface area contributed by atoms with Crippen molar-refractivity contribution < 1.29 is 26.3 Å². The van der Waals surface area contributed by atoms with Crippen LogP contribution in [0.3, 0.4) is 0 Å². The minimum atomic E-state index is -4.28. The third kappa shape index (κ3) is 6.35. The summed E-state index contributed by atoms with van der Waals surface area (Å²) in [6.07, 6.45) is -7.38. The quantitative estimate of drug-likeness (QED) is 0.526. The fraction of sp³-hybridized carbons (Fsp3) is 1.00. The van der Waals surface area contributed by atoms with Crippen molar-refractivity contribution in [2.75, 3.05) is 0 Å². The van der Waals surface area contributed by atoms with Crippen LogP contribution in [0.2, 0.25) is 0 Å². The maximum atomic E-state index is 12.4. The summed E-state index contributed by atoms with van der Waals surface area (Å²) in [4.78, 5) is 0. The van der Waals surface area contributed by atoms with Gasteiger partial charge in [-0.05, 0) is 49.9 Å². The SMILES string of the molecule is CCC1CCC(CCC(F)(F)F)(CCC(F)(F)F)CC1. The van der Waals surface area contributed by atoms with E-state index in [-0.39, 0.29) is 12.8 Å². The first-order valence-corrected chi connectivity index (χ1v) is 7.19. The molecule has 1 fully saturated rings. The van der Waals surface area contributed by atoms with Crippen molar-refractivity contribution in [1.29, 1.82) is 0 Å². The Morgan fingerprint density at radius 1 is 0.850 bits per heavy atom. The molecule has 0 N–H and O–H groups in total. The van der Waals surface area contributed by atoms with Crippen LogP contribution in [-0.2, 0) is 0 Å². The Morgan fingerprint density at radius 2 is 1.25 bits per heavy atom. The molecule has 0 amide bonds. The normalized spacial score (nSPS) is 21.1. The zero-order valence-corrected chi connectivity index (χ0v) is 11.7. The van der Waals surface area contributed by atoms with E-state index in [4.69, 9.17) is 0 Å². The molecule has 0 unspecified atom stereocenters. The molecule has 120 valence electrons. The molecule has 0 spiro atoms. The summed E-state index contributed by atoms with van der Waals surface area (Å²) in [5, 5.41) is 0. The van der Waals surface area contributed by atoms with Crippen molar-refractivity contribution in [3.8, 4) is 0 Å². The molecule has 0 bridgehead atoms.